The number of nitro benzene ring substituents is 1. The number of hydrogen-bond donors (Lipinski definition) is 1. The van der Waals surface area contributed by atoms with Crippen LogP contribution in [0.4, 0.5) is 5.69 Å². The van der Waals surface area contributed by atoms with Crippen LogP contribution in [0.2, 0.25) is 0 Å². The highest BCUT2D eigenvalue weighted by Crippen LogP contribution is 2.19. The molecule has 0 aliphatic heterocycles. The van der Waals surface area contributed by atoms with Crippen LogP contribution in [-0.2, 0) is 6.54 Å². The van der Waals surface area contributed by atoms with E-state index in [-0.39, 0.29) is 10.6 Å². The number of hydrogen-bond acceptors (Lipinski definition) is 4. The predicted octanol–water partition coefficient (Wildman–Crippen LogP) is 2.58. The van der Waals surface area contributed by atoms with E-state index in [1.54, 1.807) is 19.1 Å². The van der Waals surface area contributed by atoms with Gasteiger partial charge in [0.2, 0.25) is 0 Å². The van der Waals surface area contributed by atoms with E-state index in [1.165, 1.54) is 0 Å². The van der Waals surface area contributed by atoms with Crippen LogP contribution in [0.1, 0.15) is 25.0 Å². The first-order valence-corrected chi connectivity index (χ1v) is 6.94. The fourth-order valence-corrected chi connectivity index (χ4v) is 2.34. The minimum absolute atomic E-state index is 0.192. The fraction of sp³-hybridized carbons (Fsp3) is 0.600. The molecule has 1 aromatic rings. The predicted molar refractivity (Wildman–Crippen MR) is 81.9 cm³/mol. The molecule has 0 radical (unpaired) electrons. The molecule has 0 bridgehead atoms. The summed E-state index contributed by atoms with van der Waals surface area (Å²) >= 11 is 0. The van der Waals surface area contributed by atoms with Crippen molar-refractivity contribution in [3.63, 3.8) is 0 Å². The van der Waals surface area contributed by atoms with Crippen LogP contribution in [0.25, 0.3) is 0 Å². The number of nitro groups is 1. The number of aryl methyl sites for hydroxylation is 1. The van der Waals surface area contributed by atoms with E-state index >= 15 is 0 Å². The normalized spacial score (nSPS) is 12.9. The average molecular weight is 279 g/mol. The maximum absolute atomic E-state index is 10.9. The van der Waals surface area contributed by atoms with E-state index in [4.69, 9.17) is 0 Å². The second-order valence-electron chi connectivity index (χ2n) is 5.78. The van der Waals surface area contributed by atoms with Gasteiger partial charge in [0.1, 0.15) is 0 Å². The van der Waals surface area contributed by atoms with Crippen LogP contribution in [0.15, 0.2) is 18.2 Å². The van der Waals surface area contributed by atoms with Gasteiger partial charge in [0.05, 0.1) is 4.92 Å². The van der Waals surface area contributed by atoms with Crippen molar-refractivity contribution in [2.75, 3.05) is 20.6 Å². The van der Waals surface area contributed by atoms with E-state index in [0.717, 1.165) is 12.1 Å². The zero-order chi connectivity index (χ0) is 15.3. The van der Waals surface area contributed by atoms with E-state index in [0.29, 0.717) is 24.1 Å². The van der Waals surface area contributed by atoms with Crippen LogP contribution in [0.5, 0.6) is 0 Å². The van der Waals surface area contributed by atoms with Crippen LogP contribution in [0, 0.1) is 23.0 Å². The summed E-state index contributed by atoms with van der Waals surface area (Å²) in [4.78, 5) is 12.8. The maximum atomic E-state index is 10.9. The van der Waals surface area contributed by atoms with Crippen molar-refractivity contribution in [1.29, 1.82) is 0 Å². The van der Waals surface area contributed by atoms with Crippen LogP contribution in [-0.4, -0.2) is 36.5 Å². The molecule has 1 rings (SSSR count). The minimum Gasteiger partial charge on any atom is -0.311 e. The lowest BCUT2D eigenvalue weighted by molar-refractivity contribution is -0.385. The first-order chi connectivity index (χ1) is 9.32. The van der Waals surface area contributed by atoms with E-state index in [2.05, 4.69) is 38.2 Å². The summed E-state index contributed by atoms with van der Waals surface area (Å²) in [5, 5.41) is 14.3. The lowest BCUT2D eigenvalue weighted by atomic mass is 10.0. The number of likely N-dealkylation sites (N-methyl/N-ethyl adjacent to an activating group) is 1. The van der Waals surface area contributed by atoms with Crippen LogP contribution in [0.3, 0.4) is 0 Å². The molecule has 1 unspecified atom stereocenters. The van der Waals surface area contributed by atoms with Crippen molar-refractivity contribution in [3.05, 3.63) is 39.4 Å². The average Bonchev–Trinajstić information content (AvgIpc) is 2.35. The molecule has 1 aromatic carbocycles. The molecule has 5 nitrogen and oxygen atoms in total. The Balaban J connectivity index is 2.62. The molecule has 0 saturated carbocycles. The summed E-state index contributed by atoms with van der Waals surface area (Å²) < 4.78 is 0. The van der Waals surface area contributed by atoms with Crippen LogP contribution >= 0.6 is 0 Å². The lowest BCUT2D eigenvalue weighted by Gasteiger charge is -2.28. The molecule has 1 N–H and O–H groups in total. The van der Waals surface area contributed by atoms with Crippen molar-refractivity contribution in [2.24, 2.45) is 5.92 Å². The monoisotopic (exact) mass is 279 g/mol. The largest absolute Gasteiger partial charge is 0.311 e. The van der Waals surface area contributed by atoms with Gasteiger partial charge in [-0.25, -0.2) is 0 Å². The van der Waals surface area contributed by atoms with Crippen molar-refractivity contribution in [1.82, 2.24) is 10.2 Å². The van der Waals surface area contributed by atoms with Crippen molar-refractivity contribution in [2.45, 2.75) is 33.4 Å². The fourth-order valence-electron chi connectivity index (χ4n) is 2.34. The molecule has 112 valence electrons. The van der Waals surface area contributed by atoms with Gasteiger partial charge >= 0.3 is 0 Å². The molecular weight excluding hydrogens is 254 g/mol. The van der Waals surface area contributed by atoms with E-state index in [1.807, 2.05) is 6.07 Å². The highest BCUT2D eigenvalue weighted by molar-refractivity contribution is 5.42. The van der Waals surface area contributed by atoms with Gasteiger partial charge in [-0.15, -0.1) is 0 Å². The quantitative estimate of drug-likeness (QED) is 0.615. The van der Waals surface area contributed by atoms with Crippen molar-refractivity contribution in [3.8, 4) is 0 Å². The zero-order valence-electron chi connectivity index (χ0n) is 13.0. The third-order valence-electron chi connectivity index (χ3n) is 3.59. The zero-order valence-corrected chi connectivity index (χ0v) is 13.0. The van der Waals surface area contributed by atoms with Gasteiger partial charge in [0.25, 0.3) is 5.69 Å². The van der Waals surface area contributed by atoms with E-state index < -0.39 is 0 Å². The Morgan fingerprint density at radius 3 is 2.50 bits per heavy atom. The van der Waals surface area contributed by atoms with Gasteiger partial charge in [0, 0.05) is 30.8 Å². The molecule has 1 atom stereocenters. The van der Waals surface area contributed by atoms with Gasteiger partial charge in [0.15, 0.2) is 0 Å². The molecule has 0 aliphatic rings. The Hall–Kier alpha value is -1.46. The summed E-state index contributed by atoms with van der Waals surface area (Å²) in [6.07, 6.45) is 0. The van der Waals surface area contributed by atoms with Gasteiger partial charge in [-0.3, -0.25) is 10.1 Å². The maximum Gasteiger partial charge on any atom is 0.272 e. The Kier molecular flexibility index (Phi) is 6.10. The summed E-state index contributed by atoms with van der Waals surface area (Å²) in [6.45, 7) is 7.67. The highest BCUT2D eigenvalue weighted by Gasteiger charge is 2.15. The number of benzene rings is 1. The molecule has 0 fully saturated rings. The Bertz CT molecular complexity index is 450. The van der Waals surface area contributed by atoms with Gasteiger partial charge in [-0.2, -0.15) is 0 Å². The van der Waals surface area contributed by atoms with E-state index in [9.17, 15) is 10.1 Å². The molecule has 0 spiro atoms. The molecule has 20 heavy (non-hydrogen) atoms. The molecule has 0 saturated heterocycles. The number of nitrogens with zero attached hydrogens (tertiary/aromatic N) is 2. The number of rotatable bonds is 7. The van der Waals surface area contributed by atoms with Gasteiger partial charge < -0.3 is 10.2 Å². The third-order valence-corrected chi connectivity index (χ3v) is 3.59. The van der Waals surface area contributed by atoms with Crippen LogP contribution < -0.4 is 5.32 Å². The summed E-state index contributed by atoms with van der Waals surface area (Å²) in [5.74, 6) is 0.560. The van der Waals surface area contributed by atoms with Gasteiger partial charge in [-0.1, -0.05) is 26.0 Å². The first-order valence-electron chi connectivity index (χ1n) is 6.94. The standard InChI is InChI=1S/C15H25N3O2/c1-11(2)15(17(4)5)10-16-9-13-7-6-12(3)14(8-13)18(19)20/h6-8,11,15-16H,9-10H2,1-5H3. The van der Waals surface area contributed by atoms with Crippen molar-refractivity contribution < 1.29 is 4.92 Å². The second-order valence-corrected chi connectivity index (χ2v) is 5.78. The molecule has 0 aromatic heterocycles. The molecule has 5 heteroatoms. The molecular formula is C15H25N3O2. The lowest BCUT2D eigenvalue weighted by Crippen LogP contribution is -2.41. The minimum atomic E-state index is -0.324. The molecule has 0 aliphatic carbocycles. The molecule has 0 heterocycles. The van der Waals surface area contributed by atoms with Crippen molar-refractivity contribution >= 4 is 5.69 Å². The smallest absolute Gasteiger partial charge is 0.272 e. The Labute approximate surface area is 121 Å². The molecule has 0 amide bonds. The SMILES string of the molecule is Cc1ccc(CNCC(C(C)C)N(C)C)cc1[N+](=O)[O-]. The van der Waals surface area contributed by atoms with Gasteiger partial charge in [-0.05, 0) is 32.5 Å². The second kappa shape index (κ2) is 7.36. The summed E-state index contributed by atoms with van der Waals surface area (Å²) in [7, 11) is 4.14. The topological polar surface area (TPSA) is 58.4 Å². The highest BCUT2D eigenvalue weighted by atomic mass is 16.6. The summed E-state index contributed by atoms with van der Waals surface area (Å²) in [5.41, 5.74) is 1.84. The Morgan fingerprint density at radius 1 is 1.35 bits per heavy atom. The summed E-state index contributed by atoms with van der Waals surface area (Å²) in [6, 6.07) is 5.86. The third kappa shape index (κ3) is 4.58. The number of nitrogens with one attached hydrogen (secondary N) is 1. The Morgan fingerprint density at radius 2 is 2.00 bits per heavy atom. The first kappa shape index (κ1) is 16.6.